The van der Waals surface area contributed by atoms with Crippen molar-refractivity contribution in [1.29, 1.82) is 0 Å². The van der Waals surface area contributed by atoms with Gasteiger partial charge in [0.05, 0.1) is 0 Å². The minimum absolute atomic E-state index is 0.349. The molecule has 0 heterocycles. The third-order valence-corrected chi connectivity index (χ3v) is 1.98. The summed E-state index contributed by atoms with van der Waals surface area (Å²) in [5.41, 5.74) is 2.42. The second-order valence-electron chi connectivity index (χ2n) is 2.73. The van der Waals surface area contributed by atoms with Gasteiger partial charge in [0, 0.05) is 5.56 Å². The van der Waals surface area contributed by atoms with Gasteiger partial charge in [-0.2, -0.15) is 0 Å². The van der Waals surface area contributed by atoms with Crippen LogP contribution in [0.5, 0.6) is 0 Å². The maximum atomic E-state index is 11.0. The Kier molecular flexibility index (Phi) is 2.38. The molecule has 0 N–H and O–H groups in total. The molecule has 2 nitrogen and oxygen atoms in total. The number of hydrogen-bond acceptors (Lipinski definition) is 2. The van der Waals surface area contributed by atoms with Crippen LogP contribution < -0.4 is 0 Å². The number of Topliss-reactive ketones (excluding diaryl/α,β-unsaturated/α-hetero) is 1. The van der Waals surface area contributed by atoms with Crippen LogP contribution >= 0.6 is 0 Å². The van der Waals surface area contributed by atoms with E-state index < -0.39 is 5.78 Å². The van der Waals surface area contributed by atoms with Crippen molar-refractivity contribution < 1.29 is 9.59 Å². The molecule has 0 fully saturated rings. The predicted octanol–water partition coefficient (Wildman–Crippen LogP) is 1.69. The molecule has 12 heavy (non-hydrogen) atoms. The molecule has 1 aromatic carbocycles. The van der Waals surface area contributed by atoms with E-state index in [1.54, 1.807) is 12.1 Å². The van der Waals surface area contributed by atoms with Crippen LogP contribution in [0.1, 0.15) is 21.5 Å². The first-order chi connectivity index (χ1) is 5.66. The number of carbonyl (C=O) groups excluding carboxylic acids is 2. The first-order valence-electron chi connectivity index (χ1n) is 3.72. The molecular weight excluding hydrogens is 152 g/mol. The van der Waals surface area contributed by atoms with Crippen LogP contribution in [0, 0.1) is 13.8 Å². The maximum absolute atomic E-state index is 11.0. The number of rotatable bonds is 2. The Hall–Kier alpha value is -1.44. The topological polar surface area (TPSA) is 34.1 Å². The van der Waals surface area contributed by atoms with Crippen molar-refractivity contribution in [3.63, 3.8) is 0 Å². The average molecular weight is 162 g/mol. The summed E-state index contributed by atoms with van der Waals surface area (Å²) in [6.45, 7) is 3.75. The zero-order valence-electron chi connectivity index (χ0n) is 7.13. The molecule has 0 spiro atoms. The maximum Gasteiger partial charge on any atom is 0.225 e. The standard InChI is InChI=1S/C10H10O2/c1-7-4-3-5-9(8(7)2)10(12)6-11/h3-6H,1-2H3. The zero-order chi connectivity index (χ0) is 9.14. The highest BCUT2D eigenvalue weighted by Crippen LogP contribution is 2.12. The van der Waals surface area contributed by atoms with Gasteiger partial charge in [-0.05, 0) is 25.0 Å². The van der Waals surface area contributed by atoms with Crippen LogP contribution in [0.2, 0.25) is 0 Å². The minimum atomic E-state index is -0.448. The van der Waals surface area contributed by atoms with Crippen molar-refractivity contribution in [2.24, 2.45) is 0 Å². The summed E-state index contributed by atoms with van der Waals surface area (Å²) in [7, 11) is 0. The summed E-state index contributed by atoms with van der Waals surface area (Å²) >= 11 is 0. The fourth-order valence-electron chi connectivity index (χ4n) is 1.08. The highest BCUT2D eigenvalue weighted by atomic mass is 16.2. The molecule has 0 radical (unpaired) electrons. The van der Waals surface area contributed by atoms with Gasteiger partial charge < -0.3 is 0 Å². The van der Waals surface area contributed by atoms with E-state index in [0.717, 1.165) is 11.1 Å². The van der Waals surface area contributed by atoms with Gasteiger partial charge >= 0.3 is 0 Å². The van der Waals surface area contributed by atoms with Crippen molar-refractivity contribution in [3.8, 4) is 0 Å². The van der Waals surface area contributed by atoms with E-state index in [1.807, 2.05) is 19.9 Å². The molecule has 0 aliphatic carbocycles. The summed E-state index contributed by atoms with van der Waals surface area (Å²) in [5.74, 6) is -0.448. The molecule has 0 amide bonds. The molecule has 0 aliphatic heterocycles. The van der Waals surface area contributed by atoms with Crippen molar-refractivity contribution in [2.75, 3.05) is 0 Å². The first kappa shape index (κ1) is 8.65. The third-order valence-electron chi connectivity index (χ3n) is 1.98. The lowest BCUT2D eigenvalue weighted by Crippen LogP contribution is -2.03. The molecule has 0 aromatic heterocycles. The van der Waals surface area contributed by atoms with E-state index >= 15 is 0 Å². The Labute approximate surface area is 71.2 Å². The van der Waals surface area contributed by atoms with E-state index in [4.69, 9.17) is 0 Å². The second-order valence-corrected chi connectivity index (χ2v) is 2.73. The highest BCUT2D eigenvalue weighted by Gasteiger charge is 2.07. The van der Waals surface area contributed by atoms with Crippen molar-refractivity contribution in [1.82, 2.24) is 0 Å². The lowest BCUT2D eigenvalue weighted by Gasteiger charge is -2.02. The molecule has 62 valence electrons. The molecule has 0 unspecified atom stereocenters. The van der Waals surface area contributed by atoms with Crippen molar-refractivity contribution in [3.05, 3.63) is 34.9 Å². The fourth-order valence-corrected chi connectivity index (χ4v) is 1.08. The molecule has 0 atom stereocenters. The number of ketones is 1. The van der Waals surface area contributed by atoms with E-state index in [9.17, 15) is 9.59 Å². The zero-order valence-corrected chi connectivity index (χ0v) is 7.13. The molecule has 1 rings (SSSR count). The Morgan fingerprint density at radius 2 is 2.00 bits per heavy atom. The first-order valence-corrected chi connectivity index (χ1v) is 3.72. The number of aryl methyl sites for hydroxylation is 1. The van der Waals surface area contributed by atoms with Gasteiger partial charge in [-0.3, -0.25) is 9.59 Å². The lowest BCUT2D eigenvalue weighted by molar-refractivity contribution is -0.104. The van der Waals surface area contributed by atoms with Gasteiger partial charge in [0.15, 0.2) is 6.29 Å². The molecule has 2 heteroatoms. The highest BCUT2D eigenvalue weighted by molar-refractivity contribution is 6.33. The molecule has 0 saturated heterocycles. The monoisotopic (exact) mass is 162 g/mol. The Bertz CT molecular complexity index is 327. The number of hydrogen-bond donors (Lipinski definition) is 0. The summed E-state index contributed by atoms with van der Waals surface area (Å²) in [6.07, 6.45) is 0.349. The molecular formula is C10H10O2. The van der Waals surface area contributed by atoms with Crippen LogP contribution in [-0.4, -0.2) is 12.1 Å². The molecule has 0 saturated carbocycles. The van der Waals surface area contributed by atoms with Crippen LogP contribution in [0.25, 0.3) is 0 Å². The van der Waals surface area contributed by atoms with Gasteiger partial charge in [0.1, 0.15) is 0 Å². The van der Waals surface area contributed by atoms with Crippen LogP contribution in [-0.2, 0) is 4.79 Å². The summed E-state index contributed by atoms with van der Waals surface area (Å²) in [5, 5.41) is 0. The van der Waals surface area contributed by atoms with Crippen LogP contribution in [0.4, 0.5) is 0 Å². The third kappa shape index (κ3) is 1.42. The van der Waals surface area contributed by atoms with E-state index in [2.05, 4.69) is 0 Å². The Morgan fingerprint density at radius 1 is 1.33 bits per heavy atom. The lowest BCUT2D eigenvalue weighted by atomic mass is 10.0. The Balaban J connectivity index is 3.25. The van der Waals surface area contributed by atoms with Gasteiger partial charge in [0.2, 0.25) is 5.78 Å². The average Bonchev–Trinajstić information content (AvgIpc) is 2.08. The van der Waals surface area contributed by atoms with Crippen LogP contribution in [0.15, 0.2) is 18.2 Å². The van der Waals surface area contributed by atoms with Gasteiger partial charge in [0.25, 0.3) is 0 Å². The number of carbonyl (C=O) groups is 2. The molecule has 0 bridgehead atoms. The predicted molar refractivity (Wildman–Crippen MR) is 46.3 cm³/mol. The number of aldehydes is 1. The van der Waals surface area contributed by atoms with Gasteiger partial charge in [-0.25, -0.2) is 0 Å². The SMILES string of the molecule is Cc1cccc(C(=O)C=O)c1C. The van der Waals surface area contributed by atoms with E-state index in [1.165, 1.54) is 0 Å². The summed E-state index contributed by atoms with van der Waals surface area (Å²) in [4.78, 5) is 21.2. The molecule has 0 aliphatic rings. The Morgan fingerprint density at radius 3 is 2.58 bits per heavy atom. The minimum Gasteiger partial charge on any atom is -0.294 e. The van der Waals surface area contributed by atoms with Gasteiger partial charge in [-0.1, -0.05) is 18.2 Å². The van der Waals surface area contributed by atoms with E-state index in [0.29, 0.717) is 11.8 Å². The molecule has 1 aromatic rings. The smallest absolute Gasteiger partial charge is 0.225 e. The summed E-state index contributed by atoms with van der Waals surface area (Å²) < 4.78 is 0. The van der Waals surface area contributed by atoms with Crippen molar-refractivity contribution in [2.45, 2.75) is 13.8 Å². The van der Waals surface area contributed by atoms with Crippen molar-refractivity contribution >= 4 is 12.1 Å². The van der Waals surface area contributed by atoms with Crippen LogP contribution in [0.3, 0.4) is 0 Å². The quantitative estimate of drug-likeness (QED) is 0.376. The van der Waals surface area contributed by atoms with Gasteiger partial charge in [-0.15, -0.1) is 0 Å². The largest absolute Gasteiger partial charge is 0.294 e. The van der Waals surface area contributed by atoms with E-state index in [-0.39, 0.29) is 0 Å². The summed E-state index contributed by atoms with van der Waals surface area (Å²) in [6, 6.07) is 5.36. The number of benzene rings is 1. The fraction of sp³-hybridized carbons (Fsp3) is 0.200. The normalized spacial score (nSPS) is 9.50. The second kappa shape index (κ2) is 3.30.